The molecule has 5 heteroatoms. The van der Waals surface area contributed by atoms with Gasteiger partial charge in [0.25, 0.3) is 10.1 Å². The van der Waals surface area contributed by atoms with E-state index in [2.05, 4.69) is 6.92 Å². The monoisotopic (exact) mass is 236 g/mol. The zero-order valence-electron chi connectivity index (χ0n) is 10.3. The molecule has 0 fully saturated rings. The molecule has 0 aliphatic rings. The molecule has 0 aliphatic heterocycles. The van der Waals surface area contributed by atoms with Crippen molar-refractivity contribution in [2.24, 2.45) is 0 Å². The largest absolute Gasteiger partial charge is 2.00 e. The molecule has 0 spiro atoms. The fourth-order valence-electron chi connectivity index (χ4n) is 1.06. The van der Waals surface area contributed by atoms with Crippen LogP contribution in [0.2, 0.25) is 0 Å². The van der Waals surface area contributed by atoms with Gasteiger partial charge >= 0.3 is 37.7 Å². The van der Waals surface area contributed by atoms with Gasteiger partial charge in [0.2, 0.25) is 0 Å². The van der Waals surface area contributed by atoms with E-state index in [1.54, 1.807) is 0 Å². The number of hydrogen-bond donors (Lipinski definition) is 1. The maximum absolute atomic E-state index is 10.3. The van der Waals surface area contributed by atoms with Crippen LogP contribution >= 0.6 is 0 Å². The first-order chi connectivity index (χ1) is 5.56. The molecular formula is C8H20CaO3S. The fraction of sp³-hybridized carbons (Fsp3) is 1.00. The third-order valence-corrected chi connectivity index (χ3v) is 2.56. The van der Waals surface area contributed by atoms with Gasteiger partial charge in [-0.3, -0.25) is 4.55 Å². The molecule has 0 atom stereocenters. The molecule has 78 valence electrons. The summed E-state index contributed by atoms with van der Waals surface area (Å²) in [4.78, 5) is 0. The average Bonchev–Trinajstić information content (AvgIpc) is 1.94. The zero-order chi connectivity index (χ0) is 9.45. The topological polar surface area (TPSA) is 54.4 Å². The number of unbranched alkanes of at least 4 members (excludes halogenated alkanes) is 5. The van der Waals surface area contributed by atoms with Crippen LogP contribution in [0, 0.1) is 0 Å². The van der Waals surface area contributed by atoms with Crippen molar-refractivity contribution >= 4 is 47.9 Å². The third-order valence-electron chi connectivity index (χ3n) is 1.76. The SMILES string of the molecule is CCCCCCCCS(=O)(=O)O.[Ca+2].[H-].[H-]. The molecule has 0 aromatic carbocycles. The molecule has 0 aliphatic carbocycles. The van der Waals surface area contributed by atoms with Gasteiger partial charge in [-0.1, -0.05) is 39.0 Å². The molecule has 0 bridgehead atoms. The van der Waals surface area contributed by atoms with Gasteiger partial charge in [0.1, 0.15) is 0 Å². The van der Waals surface area contributed by atoms with E-state index < -0.39 is 10.1 Å². The van der Waals surface area contributed by atoms with E-state index in [1.807, 2.05) is 0 Å². The Balaban J connectivity index is -0.000000202. The Labute approximate surface area is 114 Å². The normalized spacial score (nSPS) is 10.9. The van der Waals surface area contributed by atoms with E-state index in [-0.39, 0.29) is 46.3 Å². The molecule has 0 aromatic heterocycles. The van der Waals surface area contributed by atoms with Gasteiger partial charge in [-0.25, -0.2) is 0 Å². The van der Waals surface area contributed by atoms with E-state index in [0.29, 0.717) is 6.42 Å². The van der Waals surface area contributed by atoms with Crippen LogP contribution < -0.4 is 0 Å². The summed E-state index contributed by atoms with van der Waals surface area (Å²) >= 11 is 0. The summed E-state index contributed by atoms with van der Waals surface area (Å²) in [5.74, 6) is -0.0842. The van der Waals surface area contributed by atoms with Crippen molar-refractivity contribution < 1.29 is 15.8 Å². The van der Waals surface area contributed by atoms with E-state index in [0.717, 1.165) is 12.8 Å². The maximum Gasteiger partial charge on any atom is 2.00 e. The van der Waals surface area contributed by atoms with Crippen LogP contribution in [-0.2, 0) is 10.1 Å². The molecule has 13 heavy (non-hydrogen) atoms. The van der Waals surface area contributed by atoms with Gasteiger partial charge < -0.3 is 2.85 Å². The minimum absolute atomic E-state index is 0. The van der Waals surface area contributed by atoms with Crippen LogP contribution in [0.15, 0.2) is 0 Å². The van der Waals surface area contributed by atoms with Gasteiger partial charge in [0, 0.05) is 0 Å². The van der Waals surface area contributed by atoms with E-state index in [1.165, 1.54) is 19.3 Å². The Morgan fingerprint density at radius 2 is 1.54 bits per heavy atom. The Bertz CT molecular complexity index is 198. The molecule has 1 N–H and O–H groups in total. The molecular weight excluding hydrogens is 216 g/mol. The van der Waals surface area contributed by atoms with Crippen molar-refractivity contribution in [3.8, 4) is 0 Å². The second kappa shape index (κ2) is 9.71. The van der Waals surface area contributed by atoms with E-state index in [9.17, 15) is 8.42 Å². The predicted octanol–water partition coefficient (Wildman–Crippen LogP) is 2.08. The van der Waals surface area contributed by atoms with E-state index in [4.69, 9.17) is 4.55 Å². The van der Waals surface area contributed by atoms with Gasteiger partial charge in [0.15, 0.2) is 0 Å². The van der Waals surface area contributed by atoms with Crippen molar-refractivity contribution in [2.45, 2.75) is 45.4 Å². The average molecular weight is 236 g/mol. The smallest absolute Gasteiger partial charge is 1.00 e. The molecule has 0 amide bonds. The Hall–Kier alpha value is 1.17. The number of hydrogen-bond acceptors (Lipinski definition) is 2. The maximum atomic E-state index is 10.3. The Kier molecular flexibility index (Phi) is 12.4. The van der Waals surface area contributed by atoms with Gasteiger partial charge in [-0.15, -0.1) is 0 Å². The standard InChI is InChI=1S/C8H18O3S.Ca.2H/c1-2-3-4-5-6-7-8-12(9,10)11;;;/h2-8H2,1H3,(H,9,10,11);;;/q;+2;2*-1. The summed E-state index contributed by atoms with van der Waals surface area (Å²) in [5.41, 5.74) is 0. The van der Waals surface area contributed by atoms with Gasteiger partial charge in [-0.05, 0) is 6.42 Å². The summed E-state index contributed by atoms with van der Waals surface area (Å²) in [5, 5.41) is 0. The summed E-state index contributed by atoms with van der Waals surface area (Å²) in [7, 11) is -3.72. The molecule has 3 nitrogen and oxygen atoms in total. The summed E-state index contributed by atoms with van der Waals surface area (Å²) < 4.78 is 28.9. The molecule has 0 rings (SSSR count). The quantitative estimate of drug-likeness (QED) is 0.418. The van der Waals surface area contributed by atoms with Crippen molar-refractivity contribution in [3.63, 3.8) is 0 Å². The summed E-state index contributed by atoms with van der Waals surface area (Å²) in [6.07, 6.45) is 6.14. The van der Waals surface area contributed by atoms with Gasteiger partial charge in [0.05, 0.1) is 5.75 Å². The summed E-state index contributed by atoms with van der Waals surface area (Å²) in [6.45, 7) is 2.14. The van der Waals surface area contributed by atoms with Crippen LogP contribution in [-0.4, -0.2) is 56.5 Å². The zero-order valence-corrected chi connectivity index (χ0v) is 11.4. The van der Waals surface area contributed by atoms with Crippen molar-refractivity contribution in [3.05, 3.63) is 0 Å². The molecule has 0 saturated heterocycles. The molecule has 0 saturated carbocycles. The second-order valence-electron chi connectivity index (χ2n) is 3.05. The fourth-order valence-corrected chi connectivity index (χ4v) is 1.63. The van der Waals surface area contributed by atoms with Crippen LogP contribution in [0.4, 0.5) is 0 Å². The predicted molar refractivity (Wildman–Crippen MR) is 57.8 cm³/mol. The van der Waals surface area contributed by atoms with Crippen LogP contribution in [0.1, 0.15) is 48.3 Å². The second-order valence-corrected chi connectivity index (χ2v) is 4.63. The molecule has 0 radical (unpaired) electrons. The molecule has 0 unspecified atom stereocenters. The number of rotatable bonds is 7. The van der Waals surface area contributed by atoms with Crippen molar-refractivity contribution in [1.29, 1.82) is 0 Å². The third kappa shape index (κ3) is 15.9. The Morgan fingerprint density at radius 3 is 2.00 bits per heavy atom. The van der Waals surface area contributed by atoms with Crippen LogP contribution in [0.5, 0.6) is 0 Å². The van der Waals surface area contributed by atoms with Crippen molar-refractivity contribution in [2.75, 3.05) is 5.75 Å². The van der Waals surface area contributed by atoms with Crippen molar-refractivity contribution in [1.82, 2.24) is 0 Å². The first-order valence-electron chi connectivity index (χ1n) is 4.51. The molecule has 0 aromatic rings. The first-order valence-corrected chi connectivity index (χ1v) is 6.12. The molecule has 0 heterocycles. The minimum atomic E-state index is -3.72. The van der Waals surface area contributed by atoms with Gasteiger partial charge in [-0.2, -0.15) is 8.42 Å². The van der Waals surface area contributed by atoms with E-state index >= 15 is 0 Å². The van der Waals surface area contributed by atoms with Crippen LogP contribution in [0.3, 0.4) is 0 Å². The minimum Gasteiger partial charge on any atom is -1.00 e. The Morgan fingerprint density at radius 1 is 1.08 bits per heavy atom. The first kappa shape index (κ1) is 16.6. The summed E-state index contributed by atoms with van der Waals surface area (Å²) in [6, 6.07) is 0. The van der Waals surface area contributed by atoms with Crippen LogP contribution in [0.25, 0.3) is 0 Å².